The molecule has 0 saturated heterocycles. The van der Waals surface area contributed by atoms with E-state index in [-0.39, 0.29) is 16.8 Å². The van der Waals surface area contributed by atoms with Crippen LogP contribution in [-0.2, 0) is 16.6 Å². The number of nitrogens with zero attached hydrogens (tertiary/aromatic N) is 2. The van der Waals surface area contributed by atoms with Crippen molar-refractivity contribution in [3.63, 3.8) is 0 Å². The maximum absolute atomic E-state index is 13.0. The van der Waals surface area contributed by atoms with E-state index in [1.54, 1.807) is 18.3 Å². The number of pyridine rings is 1. The van der Waals surface area contributed by atoms with Gasteiger partial charge >= 0.3 is 0 Å². The first-order valence-corrected chi connectivity index (χ1v) is 12.1. The molecule has 0 spiro atoms. The molecule has 1 N–H and O–H groups in total. The lowest BCUT2D eigenvalue weighted by Gasteiger charge is -2.19. The number of hydrogen-bond donors (Lipinski definition) is 1. The number of fused-ring (bicyclic) bond motifs is 2. The maximum Gasteiger partial charge on any atom is 0.263 e. The molecule has 0 radical (unpaired) electrons. The predicted molar refractivity (Wildman–Crippen MR) is 124 cm³/mol. The summed E-state index contributed by atoms with van der Waals surface area (Å²) < 4.78 is 45.3. The lowest BCUT2D eigenvalue weighted by Crippen LogP contribution is -2.18. The third-order valence-electron chi connectivity index (χ3n) is 5.21. The van der Waals surface area contributed by atoms with Crippen molar-refractivity contribution in [3.8, 4) is 17.2 Å². The van der Waals surface area contributed by atoms with E-state index in [2.05, 4.69) is 14.7 Å². The van der Waals surface area contributed by atoms with E-state index in [0.29, 0.717) is 31.3 Å². The summed E-state index contributed by atoms with van der Waals surface area (Å²) in [4.78, 5) is 8.93. The average molecular weight is 466 g/mol. The van der Waals surface area contributed by atoms with Crippen molar-refractivity contribution in [2.24, 2.45) is 4.99 Å². The van der Waals surface area contributed by atoms with E-state index in [1.807, 2.05) is 38.1 Å². The highest BCUT2D eigenvalue weighted by atomic mass is 32.2. The molecule has 0 bridgehead atoms. The summed E-state index contributed by atoms with van der Waals surface area (Å²) in [5, 5.41) is 0. The smallest absolute Gasteiger partial charge is 0.263 e. The molecule has 9 heteroatoms. The van der Waals surface area contributed by atoms with E-state index in [1.165, 1.54) is 12.1 Å². The van der Waals surface area contributed by atoms with Crippen molar-refractivity contribution in [2.45, 2.75) is 31.4 Å². The van der Waals surface area contributed by atoms with Gasteiger partial charge in [-0.05, 0) is 55.8 Å². The topological polar surface area (TPSA) is 99.1 Å². The van der Waals surface area contributed by atoms with Crippen molar-refractivity contribution in [1.29, 1.82) is 0 Å². The van der Waals surface area contributed by atoms with Gasteiger partial charge in [-0.3, -0.25) is 9.71 Å². The minimum atomic E-state index is -3.88. The largest absolute Gasteiger partial charge is 0.491 e. The molecule has 1 aromatic heterocycles. The van der Waals surface area contributed by atoms with Crippen molar-refractivity contribution in [2.75, 3.05) is 17.9 Å². The van der Waals surface area contributed by atoms with Gasteiger partial charge in [0, 0.05) is 23.4 Å². The lowest BCUT2D eigenvalue weighted by molar-refractivity contribution is 0.171. The minimum absolute atomic E-state index is 0.0623. The number of sulfonamides is 1. The molecule has 8 nitrogen and oxygen atoms in total. The molecule has 2 aromatic carbocycles. The van der Waals surface area contributed by atoms with Gasteiger partial charge in [0.2, 0.25) is 0 Å². The van der Waals surface area contributed by atoms with E-state index in [0.717, 1.165) is 28.2 Å². The van der Waals surface area contributed by atoms with E-state index >= 15 is 0 Å². The van der Waals surface area contributed by atoms with Gasteiger partial charge in [-0.2, -0.15) is 0 Å². The summed E-state index contributed by atoms with van der Waals surface area (Å²) in [5.41, 5.74) is 3.61. The Morgan fingerprint density at radius 1 is 1.00 bits per heavy atom. The Labute approximate surface area is 192 Å². The molecule has 2 aliphatic heterocycles. The van der Waals surface area contributed by atoms with E-state index in [4.69, 9.17) is 14.2 Å². The summed E-state index contributed by atoms with van der Waals surface area (Å²) in [6.07, 6.45) is 1.62. The fraction of sp³-hybridized carbons (Fsp3) is 0.250. The average Bonchev–Trinajstić information content (AvgIpc) is 3.21. The minimum Gasteiger partial charge on any atom is -0.491 e. The fourth-order valence-corrected chi connectivity index (χ4v) is 4.79. The maximum atomic E-state index is 13.0. The van der Waals surface area contributed by atoms with Crippen LogP contribution in [0.1, 0.15) is 30.5 Å². The van der Waals surface area contributed by atoms with Gasteiger partial charge in [0.15, 0.2) is 11.5 Å². The Hall–Kier alpha value is -3.59. The normalized spacial score (nSPS) is 14.6. The molecule has 0 atom stereocenters. The van der Waals surface area contributed by atoms with Crippen LogP contribution in [0.3, 0.4) is 0 Å². The van der Waals surface area contributed by atoms with E-state index in [9.17, 15) is 8.42 Å². The molecule has 0 fully saturated rings. The Morgan fingerprint density at radius 3 is 2.64 bits per heavy atom. The Kier molecular flexibility index (Phi) is 5.41. The molecule has 0 aliphatic carbocycles. The highest BCUT2D eigenvalue weighted by Gasteiger charge is 2.22. The SMILES string of the molecule is CC(C)Oc1ccc2c(c1)C(c1ccnc(NS(=O)(=O)c3ccc4c(c3)OCCO4)c1)=NC2. The van der Waals surface area contributed by atoms with Crippen LogP contribution in [-0.4, -0.2) is 38.4 Å². The first-order valence-electron chi connectivity index (χ1n) is 10.6. The molecular formula is C24H23N3O5S. The Morgan fingerprint density at radius 2 is 1.82 bits per heavy atom. The van der Waals surface area contributed by atoms with E-state index < -0.39 is 10.0 Å². The Balaban J connectivity index is 1.41. The van der Waals surface area contributed by atoms with Crippen LogP contribution in [0, 0.1) is 0 Å². The van der Waals surface area contributed by atoms with Gasteiger partial charge in [-0.15, -0.1) is 0 Å². The summed E-state index contributed by atoms with van der Waals surface area (Å²) in [6, 6.07) is 13.9. The van der Waals surface area contributed by atoms with Crippen LogP contribution in [0.2, 0.25) is 0 Å². The van der Waals surface area contributed by atoms with Crippen LogP contribution in [0.25, 0.3) is 0 Å². The number of ether oxygens (including phenoxy) is 3. The zero-order valence-electron chi connectivity index (χ0n) is 18.2. The number of benzene rings is 2. The molecule has 33 heavy (non-hydrogen) atoms. The van der Waals surface area contributed by atoms with Crippen LogP contribution in [0.4, 0.5) is 5.82 Å². The summed E-state index contributed by atoms with van der Waals surface area (Å²) in [5.74, 6) is 1.90. The van der Waals surface area contributed by atoms with Gasteiger partial charge in [-0.25, -0.2) is 13.4 Å². The monoisotopic (exact) mass is 465 g/mol. The predicted octanol–water partition coefficient (Wildman–Crippen LogP) is 3.79. The molecule has 0 saturated carbocycles. The number of nitrogens with one attached hydrogen (secondary N) is 1. The summed E-state index contributed by atoms with van der Waals surface area (Å²) in [7, 11) is -3.88. The standard InChI is InChI=1S/C24H23N3O5S/c1-15(2)32-18-4-3-17-14-26-24(20(17)12-18)16-7-8-25-23(11-16)27-33(28,29)19-5-6-21-22(13-19)31-10-9-30-21/h3-8,11-13,15H,9-10,14H2,1-2H3,(H,25,27). The molecular weight excluding hydrogens is 442 g/mol. The molecule has 3 aromatic rings. The molecule has 0 unspecified atom stereocenters. The number of hydrogen-bond acceptors (Lipinski definition) is 7. The van der Waals surface area contributed by atoms with Crippen molar-refractivity contribution < 1.29 is 22.6 Å². The van der Waals surface area contributed by atoms with Gasteiger partial charge in [0.05, 0.1) is 23.3 Å². The third kappa shape index (κ3) is 4.36. The van der Waals surface area contributed by atoms with Crippen molar-refractivity contribution >= 4 is 21.6 Å². The zero-order chi connectivity index (χ0) is 23.0. The lowest BCUT2D eigenvalue weighted by atomic mass is 10.0. The number of aliphatic imine (C=N–C) groups is 1. The summed E-state index contributed by atoms with van der Waals surface area (Å²) >= 11 is 0. The second-order valence-corrected chi connectivity index (χ2v) is 9.67. The molecule has 0 amide bonds. The molecule has 170 valence electrons. The quantitative estimate of drug-likeness (QED) is 0.595. The molecule has 3 heterocycles. The van der Waals surface area contributed by atoms with Gasteiger partial charge < -0.3 is 14.2 Å². The van der Waals surface area contributed by atoms with Crippen LogP contribution in [0.5, 0.6) is 17.2 Å². The number of aromatic nitrogens is 1. The summed E-state index contributed by atoms with van der Waals surface area (Å²) in [6.45, 7) is 5.33. The van der Waals surface area contributed by atoms with Gasteiger partial charge in [0.25, 0.3) is 10.0 Å². The van der Waals surface area contributed by atoms with Crippen molar-refractivity contribution in [1.82, 2.24) is 4.98 Å². The van der Waals surface area contributed by atoms with Crippen molar-refractivity contribution in [3.05, 3.63) is 71.4 Å². The zero-order valence-corrected chi connectivity index (χ0v) is 19.1. The van der Waals surface area contributed by atoms with Crippen LogP contribution < -0.4 is 18.9 Å². The molecule has 2 aliphatic rings. The highest BCUT2D eigenvalue weighted by molar-refractivity contribution is 7.92. The van der Waals surface area contributed by atoms with Gasteiger partial charge in [0.1, 0.15) is 24.8 Å². The number of rotatable bonds is 6. The third-order valence-corrected chi connectivity index (χ3v) is 6.56. The molecule has 5 rings (SSSR count). The van der Waals surface area contributed by atoms with Gasteiger partial charge in [-0.1, -0.05) is 6.07 Å². The van der Waals surface area contributed by atoms with Crippen LogP contribution in [0.15, 0.2) is 64.6 Å². The van der Waals surface area contributed by atoms with Crippen LogP contribution >= 0.6 is 0 Å². The second kappa shape index (κ2) is 8.40. The number of anilines is 1. The second-order valence-electron chi connectivity index (χ2n) is 7.99. The fourth-order valence-electron chi connectivity index (χ4n) is 3.78. The first kappa shape index (κ1) is 21.3. The Bertz CT molecular complexity index is 1350. The first-order chi connectivity index (χ1) is 15.9. The highest BCUT2D eigenvalue weighted by Crippen LogP contribution is 2.33.